The maximum absolute atomic E-state index is 12.7. The molecule has 0 saturated carbocycles. The number of benzene rings is 2. The highest BCUT2D eigenvalue weighted by molar-refractivity contribution is 9.10. The number of thiocarbonyl (C=S) groups is 1. The number of thioether (sulfide) groups is 1. The van der Waals surface area contributed by atoms with Crippen molar-refractivity contribution < 1.29 is 14.6 Å². The van der Waals surface area contributed by atoms with Crippen LogP contribution in [-0.2, 0) is 4.79 Å². The molecule has 0 radical (unpaired) electrons. The van der Waals surface area contributed by atoms with Crippen molar-refractivity contribution >= 4 is 61.9 Å². The molecule has 1 heterocycles. The third-order valence-electron chi connectivity index (χ3n) is 3.38. The van der Waals surface area contributed by atoms with E-state index in [1.165, 1.54) is 29.8 Å². The summed E-state index contributed by atoms with van der Waals surface area (Å²) in [6, 6.07) is 12.3. The first-order valence-electron chi connectivity index (χ1n) is 6.90. The number of methoxy groups -OCH3 is 1. The number of phenolic OH excluding ortho intramolecular Hbond substituents is 1. The lowest BCUT2D eigenvalue weighted by atomic mass is 10.2. The van der Waals surface area contributed by atoms with Crippen molar-refractivity contribution in [2.45, 2.75) is 0 Å². The van der Waals surface area contributed by atoms with Crippen LogP contribution in [0, 0.1) is 0 Å². The van der Waals surface area contributed by atoms with E-state index in [0.717, 1.165) is 15.7 Å². The number of ether oxygens (including phenoxy) is 1. The van der Waals surface area contributed by atoms with E-state index >= 15 is 0 Å². The van der Waals surface area contributed by atoms with E-state index in [1.807, 2.05) is 24.3 Å². The summed E-state index contributed by atoms with van der Waals surface area (Å²) in [5, 5.41) is 9.65. The number of hydrogen-bond acceptors (Lipinski definition) is 5. The monoisotopic (exact) mass is 421 g/mol. The predicted molar refractivity (Wildman–Crippen MR) is 104 cm³/mol. The Morgan fingerprint density at radius 3 is 2.62 bits per heavy atom. The predicted octanol–water partition coefficient (Wildman–Crippen LogP) is 4.57. The highest BCUT2D eigenvalue weighted by Crippen LogP contribution is 2.37. The molecule has 2 aromatic carbocycles. The van der Waals surface area contributed by atoms with Gasteiger partial charge in [0.2, 0.25) is 0 Å². The number of phenols is 1. The van der Waals surface area contributed by atoms with Crippen molar-refractivity contribution in [2.24, 2.45) is 0 Å². The third-order valence-corrected chi connectivity index (χ3v) is 5.21. The van der Waals surface area contributed by atoms with Crippen molar-refractivity contribution in [1.82, 2.24) is 0 Å². The highest BCUT2D eigenvalue weighted by Gasteiger charge is 2.33. The number of carbonyl (C=O) groups excluding carboxylic acids is 1. The van der Waals surface area contributed by atoms with Crippen LogP contribution in [0.1, 0.15) is 5.56 Å². The molecule has 1 amide bonds. The highest BCUT2D eigenvalue weighted by atomic mass is 79.9. The number of carbonyl (C=O) groups is 1. The van der Waals surface area contributed by atoms with Crippen LogP contribution < -0.4 is 9.64 Å². The first kappa shape index (κ1) is 17.0. The van der Waals surface area contributed by atoms with E-state index in [1.54, 1.807) is 18.2 Å². The lowest BCUT2D eigenvalue weighted by molar-refractivity contribution is -0.113. The molecular formula is C17H12BrNO3S2. The zero-order valence-corrected chi connectivity index (χ0v) is 15.7. The first-order valence-corrected chi connectivity index (χ1v) is 8.92. The molecule has 1 aliphatic rings. The fourth-order valence-electron chi connectivity index (χ4n) is 2.22. The van der Waals surface area contributed by atoms with E-state index in [0.29, 0.717) is 15.0 Å². The van der Waals surface area contributed by atoms with E-state index < -0.39 is 0 Å². The Bertz CT molecular complexity index is 849. The van der Waals surface area contributed by atoms with Crippen molar-refractivity contribution in [3.05, 3.63) is 57.4 Å². The van der Waals surface area contributed by atoms with Crippen molar-refractivity contribution in [1.29, 1.82) is 0 Å². The van der Waals surface area contributed by atoms with Crippen molar-refractivity contribution in [3.8, 4) is 11.5 Å². The standard InChI is InChI=1S/C17H12BrNO3S2/c1-22-14-8-10(2-7-13(14)20)9-15-16(21)19(17(23)24-15)12-5-3-11(18)4-6-12/h2-9,20H,1H3/b15-9-. The van der Waals surface area contributed by atoms with E-state index in [-0.39, 0.29) is 11.7 Å². The van der Waals surface area contributed by atoms with Gasteiger partial charge in [0.05, 0.1) is 17.7 Å². The van der Waals surface area contributed by atoms with Gasteiger partial charge in [-0.1, -0.05) is 46.0 Å². The number of halogens is 1. The van der Waals surface area contributed by atoms with Crippen LogP contribution in [0.3, 0.4) is 0 Å². The van der Waals surface area contributed by atoms with Gasteiger partial charge in [0.1, 0.15) is 0 Å². The van der Waals surface area contributed by atoms with Crippen molar-refractivity contribution in [2.75, 3.05) is 12.0 Å². The van der Waals surface area contributed by atoms with Gasteiger partial charge >= 0.3 is 0 Å². The SMILES string of the molecule is COc1cc(/C=C2\SC(=S)N(c3ccc(Br)cc3)C2=O)ccc1O. The molecule has 0 aliphatic carbocycles. The number of hydrogen-bond donors (Lipinski definition) is 1. The molecule has 0 unspecified atom stereocenters. The number of amides is 1. The average molecular weight is 422 g/mol. The molecule has 3 rings (SSSR count). The molecule has 1 fully saturated rings. The maximum atomic E-state index is 12.7. The topological polar surface area (TPSA) is 49.8 Å². The molecule has 4 nitrogen and oxygen atoms in total. The molecule has 0 aromatic heterocycles. The molecule has 0 atom stereocenters. The molecule has 1 aliphatic heterocycles. The molecule has 2 aromatic rings. The zero-order chi connectivity index (χ0) is 17.3. The quantitative estimate of drug-likeness (QED) is 0.580. The molecule has 1 saturated heterocycles. The van der Waals surface area contributed by atoms with Gasteiger partial charge in [-0.15, -0.1) is 0 Å². The Balaban J connectivity index is 1.92. The van der Waals surface area contributed by atoms with Gasteiger partial charge < -0.3 is 9.84 Å². The van der Waals surface area contributed by atoms with Crippen LogP contribution in [0.5, 0.6) is 11.5 Å². The van der Waals surface area contributed by atoms with E-state index in [2.05, 4.69) is 15.9 Å². The lowest BCUT2D eigenvalue weighted by Gasteiger charge is -2.14. The van der Waals surface area contributed by atoms with Gasteiger partial charge in [0.25, 0.3) is 5.91 Å². The van der Waals surface area contributed by atoms with Gasteiger partial charge in [0, 0.05) is 4.47 Å². The summed E-state index contributed by atoms with van der Waals surface area (Å²) in [4.78, 5) is 14.7. The summed E-state index contributed by atoms with van der Waals surface area (Å²) >= 11 is 9.97. The van der Waals surface area contributed by atoms with Crippen LogP contribution >= 0.6 is 39.9 Å². The summed E-state index contributed by atoms with van der Waals surface area (Å²) in [5.41, 5.74) is 1.48. The summed E-state index contributed by atoms with van der Waals surface area (Å²) in [5.74, 6) is 0.239. The third kappa shape index (κ3) is 3.33. The van der Waals surface area contributed by atoms with Gasteiger partial charge in [-0.2, -0.15) is 0 Å². The Labute approximate surface area is 157 Å². The van der Waals surface area contributed by atoms with Crippen LogP contribution in [0.2, 0.25) is 0 Å². The molecule has 122 valence electrons. The minimum atomic E-state index is -0.167. The number of aromatic hydroxyl groups is 1. The van der Waals surface area contributed by atoms with Crippen molar-refractivity contribution in [3.63, 3.8) is 0 Å². The summed E-state index contributed by atoms with van der Waals surface area (Å²) in [6.07, 6.45) is 1.74. The maximum Gasteiger partial charge on any atom is 0.270 e. The lowest BCUT2D eigenvalue weighted by Crippen LogP contribution is -2.27. The second-order valence-corrected chi connectivity index (χ2v) is 7.52. The smallest absolute Gasteiger partial charge is 0.270 e. The molecular weight excluding hydrogens is 410 g/mol. The minimum Gasteiger partial charge on any atom is -0.504 e. The van der Waals surface area contributed by atoms with Crippen LogP contribution in [-0.4, -0.2) is 22.4 Å². The number of anilines is 1. The Morgan fingerprint density at radius 1 is 1.25 bits per heavy atom. The van der Waals surface area contributed by atoms with Gasteiger partial charge in [-0.25, -0.2) is 0 Å². The number of rotatable bonds is 3. The van der Waals surface area contributed by atoms with Crippen LogP contribution in [0.15, 0.2) is 51.8 Å². The first-order chi connectivity index (χ1) is 11.5. The summed E-state index contributed by atoms with van der Waals surface area (Å²) in [7, 11) is 1.48. The van der Waals surface area contributed by atoms with Gasteiger partial charge in [0.15, 0.2) is 15.8 Å². The average Bonchev–Trinajstić information content (AvgIpc) is 2.84. The fourth-order valence-corrected chi connectivity index (χ4v) is 3.78. The second kappa shape index (κ2) is 6.96. The Kier molecular flexibility index (Phi) is 4.93. The molecule has 0 spiro atoms. The van der Waals surface area contributed by atoms with Crippen LogP contribution in [0.4, 0.5) is 5.69 Å². The minimum absolute atomic E-state index is 0.0528. The number of nitrogens with zero attached hydrogens (tertiary/aromatic N) is 1. The second-order valence-electron chi connectivity index (χ2n) is 4.92. The largest absolute Gasteiger partial charge is 0.504 e. The summed E-state index contributed by atoms with van der Waals surface area (Å²) < 4.78 is 6.51. The summed E-state index contributed by atoms with van der Waals surface area (Å²) in [6.45, 7) is 0. The van der Waals surface area contributed by atoms with E-state index in [4.69, 9.17) is 17.0 Å². The Hall–Kier alpha value is -1.83. The molecule has 0 bridgehead atoms. The zero-order valence-electron chi connectivity index (χ0n) is 12.5. The normalized spacial score (nSPS) is 16.1. The molecule has 1 N–H and O–H groups in total. The van der Waals surface area contributed by atoms with Gasteiger partial charge in [-0.05, 0) is 48.0 Å². The molecule has 7 heteroatoms. The Morgan fingerprint density at radius 2 is 1.96 bits per heavy atom. The fraction of sp³-hybridized carbons (Fsp3) is 0.0588. The van der Waals surface area contributed by atoms with Gasteiger partial charge in [-0.3, -0.25) is 9.69 Å². The van der Waals surface area contributed by atoms with Crippen LogP contribution in [0.25, 0.3) is 6.08 Å². The van der Waals surface area contributed by atoms with E-state index in [9.17, 15) is 9.90 Å². The molecule has 24 heavy (non-hydrogen) atoms.